The smallest absolute Gasteiger partial charge is 0.327 e. The van der Waals surface area contributed by atoms with Gasteiger partial charge in [0.05, 0.1) is 6.61 Å². The number of hydrazine groups is 1. The van der Waals surface area contributed by atoms with Gasteiger partial charge < -0.3 is 9.30 Å². The molecule has 2 amide bonds. The molecule has 7 nitrogen and oxygen atoms in total. The number of nitrogens with zero attached hydrogens (tertiary/aromatic N) is 2. The molecule has 0 aliphatic heterocycles. The first kappa shape index (κ1) is 16.7. The van der Waals surface area contributed by atoms with Crippen LogP contribution in [0.1, 0.15) is 42.7 Å². The van der Waals surface area contributed by atoms with Crippen LogP contribution in [-0.2, 0) is 21.4 Å². The second-order valence-electron chi connectivity index (χ2n) is 4.87. The number of hydrogen-bond acceptors (Lipinski definition) is 4. The normalized spacial score (nSPS) is 10.3. The standard InChI is InChI=1S/C14H21N3O4/c1-5-21-13(19)8-17(15-9-18)14(20)12-6-11(10(2)3)7-16(12)4/h6-7,9-10H,5,8H2,1-4H3,(H,15,18). The number of aromatic nitrogens is 1. The summed E-state index contributed by atoms with van der Waals surface area (Å²) >= 11 is 0. The Morgan fingerprint density at radius 3 is 2.62 bits per heavy atom. The van der Waals surface area contributed by atoms with Crippen LogP contribution >= 0.6 is 0 Å². The van der Waals surface area contributed by atoms with Crippen LogP contribution in [0.5, 0.6) is 0 Å². The van der Waals surface area contributed by atoms with Gasteiger partial charge in [0.1, 0.15) is 12.2 Å². The Bertz CT molecular complexity index is 522. The number of esters is 1. The maximum absolute atomic E-state index is 12.4. The van der Waals surface area contributed by atoms with Gasteiger partial charge in [-0.15, -0.1) is 0 Å². The van der Waals surface area contributed by atoms with Crippen molar-refractivity contribution < 1.29 is 19.1 Å². The Balaban J connectivity index is 2.94. The van der Waals surface area contributed by atoms with Gasteiger partial charge in [0, 0.05) is 13.2 Å². The fourth-order valence-corrected chi connectivity index (χ4v) is 1.83. The number of carbonyl (C=O) groups is 3. The predicted molar refractivity (Wildman–Crippen MR) is 76.4 cm³/mol. The largest absolute Gasteiger partial charge is 0.465 e. The molecule has 0 atom stereocenters. The molecular weight excluding hydrogens is 274 g/mol. The van der Waals surface area contributed by atoms with E-state index in [9.17, 15) is 14.4 Å². The van der Waals surface area contributed by atoms with Crippen LogP contribution in [-0.4, -0.2) is 41.0 Å². The lowest BCUT2D eigenvalue weighted by Crippen LogP contribution is -2.46. The lowest BCUT2D eigenvalue weighted by molar-refractivity contribution is -0.144. The minimum Gasteiger partial charge on any atom is -0.465 e. The van der Waals surface area contributed by atoms with Gasteiger partial charge in [0.15, 0.2) is 0 Å². The van der Waals surface area contributed by atoms with Crippen molar-refractivity contribution in [3.05, 3.63) is 23.5 Å². The lowest BCUT2D eigenvalue weighted by Gasteiger charge is -2.20. The topological polar surface area (TPSA) is 80.6 Å². The fraction of sp³-hybridized carbons (Fsp3) is 0.500. The van der Waals surface area contributed by atoms with Crippen LogP contribution in [0.4, 0.5) is 0 Å². The highest BCUT2D eigenvalue weighted by atomic mass is 16.5. The van der Waals surface area contributed by atoms with Gasteiger partial charge in [-0.25, -0.2) is 5.01 Å². The molecule has 1 heterocycles. The molecule has 116 valence electrons. The van der Waals surface area contributed by atoms with Gasteiger partial charge in [-0.1, -0.05) is 13.8 Å². The van der Waals surface area contributed by atoms with Crippen LogP contribution in [0.15, 0.2) is 12.3 Å². The number of amides is 2. The highest BCUT2D eigenvalue weighted by molar-refractivity contribution is 5.95. The van der Waals surface area contributed by atoms with E-state index < -0.39 is 11.9 Å². The van der Waals surface area contributed by atoms with E-state index in [-0.39, 0.29) is 19.1 Å². The molecule has 7 heteroatoms. The van der Waals surface area contributed by atoms with Crippen molar-refractivity contribution in [1.82, 2.24) is 15.0 Å². The fourth-order valence-electron chi connectivity index (χ4n) is 1.83. The Hall–Kier alpha value is -2.31. The molecule has 0 saturated heterocycles. The third-order valence-electron chi connectivity index (χ3n) is 2.96. The number of rotatable bonds is 7. The Labute approximate surface area is 123 Å². The first-order valence-electron chi connectivity index (χ1n) is 6.74. The molecule has 0 spiro atoms. The second kappa shape index (κ2) is 7.47. The Morgan fingerprint density at radius 1 is 1.48 bits per heavy atom. The van der Waals surface area contributed by atoms with E-state index in [4.69, 9.17) is 4.74 Å². The molecule has 0 aliphatic carbocycles. The highest BCUT2D eigenvalue weighted by Gasteiger charge is 2.22. The van der Waals surface area contributed by atoms with Crippen LogP contribution in [0.25, 0.3) is 0 Å². The predicted octanol–water partition coefficient (Wildman–Crippen LogP) is 0.815. The third kappa shape index (κ3) is 4.34. The molecular formula is C14H21N3O4. The van der Waals surface area contributed by atoms with E-state index in [1.165, 1.54) is 0 Å². The zero-order valence-corrected chi connectivity index (χ0v) is 12.8. The zero-order valence-electron chi connectivity index (χ0n) is 12.8. The molecule has 0 bridgehead atoms. The van der Waals surface area contributed by atoms with Gasteiger partial charge in [0.25, 0.3) is 5.91 Å². The SMILES string of the molecule is CCOC(=O)CN(NC=O)C(=O)c1cc(C(C)C)cn1C. The number of carbonyl (C=O) groups excluding carboxylic acids is 3. The molecule has 0 radical (unpaired) electrons. The van der Waals surface area contributed by atoms with Crippen molar-refractivity contribution in [3.8, 4) is 0 Å². The molecule has 0 saturated carbocycles. The van der Waals surface area contributed by atoms with Crippen molar-refractivity contribution in [2.24, 2.45) is 7.05 Å². The molecule has 1 N–H and O–H groups in total. The van der Waals surface area contributed by atoms with Crippen LogP contribution in [0, 0.1) is 0 Å². The summed E-state index contributed by atoms with van der Waals surface area (Å²) in [7, 11) is 1.74. The number of hydrogen-bond donors (Lipinski definition) is 1. The summed E-state index contributed by atoms with van der Waals surface area (Å²) in [4.78, 5) is 34.5. The van der Waals surface area contributed by atoms with Crippen molar-refractivity contribution in [2.45, 2.75) is 26.7 Å². The average Bonchev–Trinajstić information content (AvgIpc) is 2.80. The van der Waals surface area contributed by atoms with Crippen LogP contribution < -0.4 is 5.43 Å². The Morgan fingerprint density at radius 2 is 2.14 bits per heavy atom. The van der Waals surface area contributed by atoms with E-state index in [0.717, 1.165) is 10.6 Å². The summed E-state index contributed by atoms with van der Waals surface area (Å²) in [6.45, 7) is 5.58. The summed E-state index contributed by atoms with van der Waals surface area (Å²) in [5, 5.41) is 0.935. The third-order valence-corrected chi connectivity index (χ3v) is 2.96. The minimum absolute atomic E-state index is 0.212. The van der Waals surface area contributed by atoms with E-state index >= 15 is 0 Å². The van der Waals surface area contributed by atoms with Crippen molar-refractivity contribution in [2.75, 3.05) is 13.2 Å². The molecule has 0 aliphatic rings. The number of ether oxygens (including phenoxy) is 1. The number of aryl methyl sites for hydroxylation is 1. The molecule has 1 rings (SSSR count). The Kier molecular flexibility index (Phi) is 5.95. The van der Waals surface area contributed by atoms with E-state index in [1.807, 2.05) is 20.0 Å². The van der Waals surface area contributed by atoms with Gasteiger partial charge >= 0.3 is 5.97 Å². The highest BCUT2D eigenvalue weighted by Crippen LogP contribution is 2.18. The molecule has 0 aromatic carbocycles. The maximum Gasteiger partial charge on any atom is 0.327 e. The van der Waals surface area contributed by atoms with Crippen molar-refractivity contribution >= 4 is 18.3 Å². The van der Waals surface area contributed by atoms with E-state index in [2.05, 4.69) is 5.43 Å². The van der Waals surface area contributed by atoms with E-state index in [1.54, 1.807) is 24.6 Å². The summed E-state index contributed by atoms with van der Waals surface area (Å²) in [6.07, 6.45) is 2.20. The van der Waals surface area contributed by atoms with Crippen molar-refractivity contribution in [3.63, 3.8) is 0 Å². The van der Waals surface area contributed by atoms with Gasteiger partial charge in [0.2, 0.25) is 6.41 Å². The average molecular weight is 295 g/mol. The molecule has 21 heavy (non-hydrogen) atoms. The summed E-state index contributed by atoms with van der Waals surface area (Å²) in [6, 6.07) is 1.75. The van der Waals surface area contributed by atoms with E-state index in [0.29, 0.717) is 12.1 Å². The summed E-state index contributed by atoms with van der Waals surface area (Å²) < 4.78 is 6.45. The maximum atomic E-state index is 12.4. The summed E-state index contributed by atoms with van der Waals surface area (Å²) in [5.41, 5.74) is 3.61. The lowest BCUT2D eigenvalue weighted by atomic mass is 10.1. The number of nitrogens with one attached hydrogen (secondary N) is 1. The molecule has 0 fully saturated rings. The van der Waals surface area contributed by atoms with Gasteiger partial charge in [-0.3, -0.25) is 19.8 Å². The molecule has 1 aromatic rings. The zero-order chi connectivity index (χ0) is 16.0. The van der Waals surface area contributed by atoms with Crippen LogP contribution in [0.2, 0.25) is 0 Å². The minimum atomic E-state index is -0.585. The first-order chi connectivity index (χ1) is 9.90. The molecule has 0 unspecified atom stereocenters. The quantitative estimate of drug-likeness (QED) is 0.459. The van der Waals surface area contributed by atoms with Crippen molar-refractivity contribution in [1.29, 1.82) is 0 Å². The monoisotopic (exact) mass is 295 g/mol. The van der Waals surface area contributed by atoms with Gasteiger partial charge in [-0.2, -0.15) is 0 Å². The second-order valence-corrected chi connectivity index (χ2v) is 4.87. The molecule has 1 aromatic heterocycles. The van der Waals surface area contributed by atoms with Gasteiger partial charge in [-0.05, 0) is 24.5 Å². The summed E-state index contributed by atoms with van der Waals surface area (Å²) in [5.74, 6) is -0.779. The first-order valence-corrected chi connectivity index (χ1v) is 6.74. The van der Waals surface area contributed by atoms with Crippen LogP contribution in [0.3, 0.4) is 0 Å².